The lowest BCUT2D eigenvalue weighted by atomic mass is 10.1. The summed E-state index contributed by atoms with van der Waals surface area (Å²) in [6, 6.07) is 0. The fourth-order valence-corrected chi connectivity index (χ4v) is 1.80. The third kappa shape index (κ3) is 2.04. The average Bonchev–Trinajstić information content (AvgIpc) is 2.89. The van der Waals surface area contributed by atoms with Crippen LogP contribution in [-0.4, -0.2) is 23.3 Å². The molecule has 0 radical (unpaired) electrons. The van der Waals surface area contributed by atoms with Crippen molar-refractivity contribution in [2.45, 2.75) is 25.6 Å². The zero-order chi connectivity index (χ0) is 10.1. The maximum atomic E-state index is 11.2. The highest BCUT2D eigenvalue weighted by Crippen LogP contribution is 2.43. The number of cyclic esters (lactones) is 1. The van der Waals surface area contributed by atoms with Gasteiger partial charge in [0, 0.05) is 12.0 Å². The molecule has 0 amide bonds. The molecule has 3 nitrogen and oxygen atoms in total. The highest BCUT2D eigenvalue weighted by Gasteiger charge is 2.41. The molecule has 14 heavy (non-hydrogen) atoms. The van der Waals surface area contributed by atoms with Crippen LogP contribution in [0.5, 0.6) is 0 Å². The van der Waals surface area contributed by atoms with Crippen molar-refractivity contribution >= 4 is 5.97 Å². The van der Waals surface area contributed by atoms with Crippen molar-refractivity contribution in [2.75, 3.05) is 0 Å². The average molecular weight is 194 g/mol. The minimum atomic E-state index is -0.669. The Balaban J connectivity index is 2.11. The van der Waals surface area contributed by atoms with E-state index in [0.29, 0.717) is 11.8 Å². The van der Waals surface area contributed by atoms with Crippen LogP contribution in [0.4, 0.5) is 0 Å². The van der Waals surface area contributed by atoms with E-state index in [4.69, 9.17) is 4.74 Å². The molecular formula is C11H14O3. The summed E-state index contributed by atoms with van der Waals surface area (Å²) in [6.45, 7) is 1.92. The van der Waals surface area contributed by atoms with E-state index < -0.39 is 6.10 Å². The molecule has 1 N–H and O–H groups in total. The summed E-state index contributed by atoms with van der Waals surface area (Å²) in [4.78, 5) is 11.2. The Morgan fingerprint density at radius 3 is 3.00 bits per heavy atom. The molecule has 0 unspecified atom stereocenters. The van der Waals surface area contributed by atoms with E-state index in [0.717, 1.165) is 6.42 Å². The summed E-state index contributed by atoms with van der Waals surface area (Å²) in [5.41, 5.74) is 0. The Hall–Kier alpha value is -1.09. The van der Waals surface area contributed by atoms with Crippen LogP contribution in [0, 0.1) is 11.8 Å². The number of rotatable bonds is 0. The minimum Gasteiger partial charge on any atom is -0.459 e. The van der Waals surface area contributed by atoms with Crippen molar-refractivity contribution < 1.29 is 14.6 Å². The summed E-state index contributed by atoms with van der Waals surface area (Å²) in [7, 11) is 0. The first-order chi connectivity index (χ1) is 6.66. The topological polar surface area (TPSA) is 46.5 Å². The van der Waals surface area contributed by atoms with Gasteiger partial charge in [0.2, 0.25) is 0 Å². The van der Waals surface area contributed by atoms with E-state index in [1.165, 1.54) is 12.2 Å². The molecule has 0 aromatic heterocycles. The van der Waals surface area contributed by atoms with Crippen molar-refractivity contribution in [2.24, 2.45) is 11.8 Å². The Labute approximate surface area is 83.1 Å². The normalized spacial score (nSPS) is 43.7. The van der Waals surface area contributed by atoms with E-state index in [-0.39, 0.29) is 12.1 Å². The predicted octanol–water partition coefficient (Wildman–Crippen LogP) is 1.04. The molecule has 1 fully saturated rings. The van der Waals surface area contributed by atoms with Crippen LogP contribution < -0.4 is 0 Å². The van der Waals surface area contributed by atoms with E-state index in [9.17, 15) is 9.90 Å². The lowest BCUT2D eigenvalue weighted by Crippen LogP contribution is -2.17. The van der Waals surface area contributed by atoms with Crippen LogP contribution in [0.1, 0.15) is 13.3 Å². The summed E-state index contributed by atoms with van der Waals surface area (Å²) in [5.74, 6) is 0.547. The number of allylic oxidation sites excluding steroid dienone is 1. The number of hydrogen-bond acceptors (Lipinski definition) is 3. The van der Waals surface area contributed by atoms with Gasteiger partial charge in [-0.3, -0.25) is 0 Å². The maximum Gasteiger partial charge on any atom is 0.330 e. The van der Waals surface area contributed by atoms with Crippen LogP contribution in [-0.2, 0) is 9.53 Å². The third-order valence-corrected chi connectivity index (χ3v) is 2.78. The number of aliphatic hydroxyl groups is 1. The molecule has 76 valence electrons. The standard InChI is InChI=1S/C11H14O3/c1-7-10-6-8(10)2-3-9(12)4-5-11(13)14-7/h2-5,7-10,12H,6H2,1H3/b3-2?,5-4-/t7-,8+,9-,10+/m1/s1. The number of hydrogen-bond donors (Lipinski definition) is 1. The van der Waals surface area contributed by atoms with Gasteiger partial charge in [-0.25, -0.2) is 4.79 Å². The van der Waals surface area contributed by atoms with Crippen molar-refractivity contribution in [3.05, 3.63) is 24.3 Å². The van der Waals surface area contributed by atoms with Gasteiger partial charge in [-0.1, -0.05) is 12.2 Å². The van der Waals surface area contributed by atoms with Crippen LogP contribution in [0.3, 0.4) is 0 Å². The minimum absolute atomic E-state index is 0.0166. The monoisotopic (exact) mass is 194 g/mol. The first kappa shape index (κ1) is 9.46. The second-order valence-corrected chi connectivity index (χ2v) is 3.94. The van der Waals surface area contributed by atoms with Crippen molar-refractivity contribution in [3.63, 3.8) is 0 Å². The zero-order valence-corrected chi connectivity index (χ0v) is 8.09. The highest BCUT2D eigenvalue weighted by molar-refractivity contribution is 5.82. The molecule has 3 heteroatoms. The van der Waals surface area contributed by atoms with Gasteiger partial charge in [0.15, 0.2) is 0 Å². The SMILES string of the molecule is C[C@H]1OC(=O)/C=C\[C@H](O)C=C[C@H]2C[C@H]21. The molecule has 4 atom stereocenters. The lowest BCUT2D eigenvalue weighted by Gasteiger charge is -2.11. The van der Waals surface area contributed by atoms with E-state index in [1.807, 2.05) is 13.0 Å². The second kappa shape index (κ2) is 3.58. The van der Waals surface area contributed by atoms with E-state index in [1.54, 1.807) is 6.08 Å². The van der Waals surface area contributed by atoms with Gasteiger partial charge in [-0.2, -0.15) is 0 Å². The van der Waals surface area contributed by atoms with Gasteiger partial charge in [0.1, 0.15) is 6.10 Å². The van der Waals surface area contributed by atoms with Gasteiger partial charge in [-0.05, 0) is 25.3 Å². The first-order valence-electron chi connectivity index (χ1n) is 4.92. The smallest absolute Gasteiger partial charge is 0.330 e. The molecule has 2 aliphatic rings. The molecule has 0 aromatic carbocycles. The fraction of sp³-hybridized carbons (Fsp3) is 0.545. The molecule has 2 rings (SSSR count). The van der Waals surface area contributed by atoms with E-state index in [2.05, 4.69) is 0 Å². The molecule has 0 aromatic rings. The first-order valence-corrected chi connectivity index (χ1v) is 4.92. The Morgan fingerprint density at radius 1 is 1.43 bits per heavy atom. The molecule has 0 bridgehead atoms. The third-order valence-electron chi connectivity index (χ3n) is 2.78. The fourth-order valence-electron chi connectivity index (χ4n) is 1.80. The Morgan fingerprint density at radius 2 is 2.21 bits per heavy atom. The number of ether oxygens (including phenoxy) is 1. The van der Waals surface area contributed by atoms with Gasteiger partial charge in [0.25, 0.3) is 0 Å². The molecule has 0 saturated heterocycles. The molecule has 0 spiro atoms. The van der Waals surface area contributed by atoms with Gasteiger partial charge in [0.05, 0.1) is 6.10 Å². The lowest BCUT2D eigenvalue weighted by molar-refractivity contribution is -0.143. The van der Waals surface area contributed by atoms with Gasteiger partial charge in [-0.15, -0.1) is 0 Å². The van der Waals surface area contributed by atoms with Crippen molar-refractivity contribution in [3.8, 4) is 0 Å². The zero-order valence-electron chi connectivity index (χ0n) is 8.09. The van der Waals surface area contributed by atoms with Gasteiger partial charge < -0.3 is 9.84 Å². The van der Waals surface area contributed by atoms with Gasteiger partial charge >= 0.3 is 5.97 Å². The number of fused-ring (bicyclic) bond motifs is 1. The number of carbonyl (C=O) groups is 1. The van der Waals surface area contributed by atoms with Crippen molar-refractivity contribution in [1.29, 1.82) is 0 Å². The van der Waals surface area contributed by atoms with Crippen LogP contribution in [0.2, 0.25) is 0 Å². The molecule has 1 heterocycles. The molecule has 1 saturated carbocycles. The Bertz CT molecular complexity index is 293. The Kier molecular flexibility index (Phi) is 2.42. The largest absolute Gasteiger partial charge is 0.459 e. The van der Waals surface area contributed by atoms with Crippen LogP contribution >= 0.6 is 0 Å². The number of esters is 1. The van der Waals surface area contributed by atoms with E-state index >= 15 is 0 Å². The predicted molar refractivity (Wildman–Crippen MR) is 51.4 cm³/mol. The number of carbonyl (C=O) groups excluding carboxylic acids is 1. The highest BCUT2D eigenvalue weighted by atomic mass is 16.5. The number of aliphatic hydroxyl groups excluding tert-OH is 1. The van der Waals surface area contributed by atoms with Crippen molar-refractivity contribution in [1.82, 2.24) is 0 Å². The molecule has 1 aliphatic carbocycles. The van der Waals surface area contributed by atoms with Crippen LogP contribution in [0.25, 0.3) is 0 Å². The summed E-state index contributed by atoms with van der Waals surface area (Å²) >= 11 is 0. The summed E-state index contributed by atoms with van der Waals surface area (Å²) < 4.78 is 5.16. The molecular weight excluding hydrogens is 180 g/mol. The second-order valence-electron chi connectivity index (χ2n) is 3.94. The summed E-state index contributed by atoms with van der Waals surface area (Å²) in [6.07, 6.45) is 6.83. The van der Waals surface area contributed by atoms with Crippen LogP contribution in [0.15, 0.2) is 24.3 Å². The maximum absolute atomic E-state index is 11.2. The molecule has 1 aliphatic heterocycles. The quantitative estimate of drug-likeness (QED) is 0.463. The summed E-state index contributed by atoms with van der Waals surface area (Å²) in [5, 5.41) is 9.37.